The molecule has 2 aromatic rings. The Kier molecular flexibility index (Phi) is 6.81. The van der Waals surface area contributed by atoms with Crippen LogP contribution in [0.2, 0.25) is 0 Å². The summed E-state index contributed by atoms with van der Waals surface area (Å²) in [6.45, 7) is 1.54. The third kappa shape index (κ3) is 5.50. The van der Waals surface area contributed by atoms with E-state index in [4.69, 9.17) is 4.74 Å². The molecular weight excluding hydrogens is 359 g/mol. The molecular formula is C18H17FN2O6. The summed E-state index contributed by atoms with van der Waals surface area (Å²) >= 11 is 0. The van der Waals surface area contributed by atoms with E-state index in [-0.39, 0.29) is 30.2 Å². The molecule has 0 fully saturated rings. The summed E-state index contributed by atoms with van der Waals surface area (Å²) in [6, 6.07) is 11.6. The van der Waals surface area contributed by atoms with E-state index < -0.39 is 23.2 Å². The molecule has 0 bridgehead atoms. The van der Waals surface area contributed by atoms with Crippen LogP contribution in [-0.2, 0) is 16.1 Å². The Labute approximate surface area is 154 Å². The molecule has 2 aromatic carbocycles. The van der Waals surface area contributed by atoms with Crippen LogP contribution in [0.4, 0.5) is 10.1 Å². The molecule has 0 saturated heterocycles. The third-order valence-corrected chi connectivity index (χ3v) is 3.41. The highest BCUT2D eigenvalue weighted by Crippen LogP contribution is 2.20. The molecule has 0 radical (unpaired) electrons. The minimum atomic E-state index is -2.37. The molecule has 0 aliphatic carbocycles. The molecule has 142 valence electrons. The number of nitro benzene ring substituents is 1. The molecule has 0 spiro atoms. The predicted molar refractivity (Wildman–Crippen MR) is 92.9 cm³/mol. The van der Waals surface area contributed by atoms with Crippen LogP contribution in [0.1, 0.15) is 22.8 Å². The first-order valence-electron chi connectivity index (χ1n) is 8.00. The van der Waals surface area contributed by atoms with Gasteiger partial charge in [-0.05, 0) is 24.6 Å². The fraction of sp³-hybridized carbons (Fsp3) is 0.222. The lowest BCUT2D eigenvalue weighted by atomic mass is 10.1. The molecule has 2 rings (SSSR count). The van der Waals surface area contributed by atoms with Gasteiger partial charge in [0, 0.05) is 18.7 Å². The number of halogens is 1. The van der Waals surface area contributed by atoms with E-state index in [1.165, 1.54) is 43.3 Å². The van der Waals surface area contributed by atoms with E-state index in [1.807, 2.05) is 0 Å². The second-order valence-electron chi connectivity index (χ2n) is 5.29. The number of non-ortho nitro benzene ring substituents is 1. The Balaban J connectivity index is 2.07. The number of carbonyl (C=O) groups is 2. The first kappa shape index (κ1) is 19.8. The number of amides is 1. The van der Waals surface area contributed by atoms with E-state index in [1.54, 1.807) is 12.1 Å². The quantitative estimate of drug-likeness (QED) is 0.431. The van der Waals surface area contributed by atoms with Crippen LogP contribution in [0.25, 0.3) is 0 Å². The average Bonchev–Trinajstić information content (AvgIpc) is 2.67. The number of benzene rings is 2. The molecule has 9 heteroatoms. The summed E-state index contributed by atoms with van der Waals surface area (Å²) in [5.41, 5.74) is 0.431. The maximum absolute atomic E-state index is 13.8. The van der Waals surface area contributed by atoms with Gasteiger partial charge in [-0.1, -0.05) is 24.3 Å². The number of hydrogen-bond acceptors (Lipinski definition) is 6. The maximum Gasteiger partial charge on any atom is 0.381 e. The lowest BCUT2D eigenvalue weighted by Gasteiger charge is -2.14. The smallest absolute Gasteiger partial charge is 0.381 e. The first-order valence-corrected chi connectivity index (χ1v) is 8.00. The second kappa shape index (κ2) is 9.27. The molecule has 0 aromatic heterocycles. The lowest BCUT2D eigenvalue weighted by molar-refractivity contribution is -0.384. The van der Waals surface area contributed by atoms with Crippen LogP contribution in [0, 0.1) is 10.1 Å². The Bertz CT molecular complexity index is 842. The Morgan fingerprint density at radius 3 is 2.67 bits per heavy atom. The van der Waals surface area contributed by atoms with Crippen molar-refractivity contribution in [1.82, 2.24) is 5.32 Å². The summed E-state index contributed by atoms with van der Waals surface area (Å²) in [5.74, 6) is -1.91. The molecule has 8 nitrogen and oxygen atoms in total. The topological polar surface area (TPSA) is 108 Å². The van der Waals surface area contributed by atoms with Crippen molar-refractivity contribution < 1.29 is 28.4 Å². The van der Waals surface area contributed by atoms with Crippen molar-refractivity contribution in [1.29, 1.82) is 0 Å². The normalized spacial score (nSPS) is 11.3. The zero-order valence-corrected chi connectivity index (χ0v) is 14.4. The van der Waals surface area contributed by atoms with E-state index in [0.29, 0.717) is 5.56 Å². The van der Waals surface area contributed by atoms with E-state index >= 15 is 0 Å². The molecule has 1 amide bonds. The first-order chi connectivity index (χ1) is 12.9. The van der Waals surface area contributed by atoms with Crippen LogP contribution < -0.4 is 10.1 Å². The molecule has 1 unspecified atom stereocenters. The summed E-state index contributed by atoms with van der Waals surface area (Å²) < 4.78 is 23.2. The zero-order valence-electron chi connectivity index (χ0n) is 14.4. The minimum absolute atomic E-state index is 0.00599. The van der Waals surface area contributed by atoms with Gasteiger partial charge in [0.15, 0.2) is 0 Å². The molecule has 0 heterocycles. The SMILES string of the molecule is CCOC(=O)C(F)Oc1ccccc1C(=O)NCc1cccc([N+](=O)[O-])c1. The predicted octanol–water partition coefficient (Wildman–Crippen LogP) is 2.76. The summed E-state index contributed by atoms with van der Waals surface area (Å²) in [6.07, 6.45) is -2.37. The number of alkyl halides is 1. The van der Waals surface area contributed by atoms with E-state index in [2.05, 4.69) is 10.1 Å². The maximum atomic E-state index is 13.8. The van der Waals surface area contributed by atoms with Crippen LogP contribution in [0.3, 0.4) is 0 Å². The number of rotatable bonds is 8. The van der Waals surface area contributed by atoms with Gasteiger partial charge in [0.25, 0.3) is 11.6 Å². The van der Waals surface area contributed by atoms with Crippen molar-refractivity contribution in [2.24, 2.45) is 0 Å². The van der Waals surface area contributed by atoms with Gasteiger partial charge in [-0.15, -0.1) is 0 Å². The van der Waals surface area contributed by atoms with Crippen molar-refractivity contribution in [2.45, 2.75) is 19.8 Å². The molecule has 0 saturated carbocycles. The number of hydrogen-bond donors (Lipinski definition) is 1. The van der Waals surface area contributed by atoms with Crippen LogP contribution in [0.5, 0.6) is 5.75 Å². The summed E-state index contributed by atoms with van der Waals surface area (Å²) in [7, 11) is 0. The number of para-hydroxylation sites is 1. The Morgan fingerprint density at radius 1 is 1.22 bits per heavy atom. The van der Waals surface area contributed by atoms with Gasteiger partial charge in [-0.25, -0.2) is 4.79 Å². The lowest BCUT2D eigenvalue weighted by Crippen LogP contribution is -2.27. The van der Waals surface area contributed by atoms with Gasteiger partial charge in [-0.2, -0.15) is 4.39 Å². The fourth-order valence-electron chi connectivity index (χ4n) is 2.18. The molecule has 1 N–H and O–H groups in total. The molecule has 0 aliphatic heterocycles. The number of nitro groups is 1. The molecule has 0 aliphatic rings. The summed E-state index contributed by atoms with van der Waals surface area (Å²) in [4.78, 5) is 34.0. The van der Waals surface area contributed by atoms with Gasteiger partial charge >= 0.3 is 12.3 Å². The van der Waals surface area contributed by atoms with Gasteiger partial charge in [0.2, 0.25) is 0 Å². The molecule has 1 atom stereocenters. The number of ether oxygens (including phenoxy) is 2. The van der Waals surface area contributed by atoms with Crippen molar-refractivity contribution >= 4 is 17.6 Å². The Morgan fingerprint density at radius 2 is 1.96 bits per heavy atom. The minimum Gasteiger partial charge on any atom is -0.461 e. The van der Waals surface area contributed by atoms with Crippen LogP contribution in [-0.4, -0.2) is 29.8 Å². The van der Waals surface area contributed by atoms with E-state index in [9.17, 15) is 24.1 Å². The standard InChI is InChI=1S/C18H17FN2O6/c1-2-26-18(23)16(19)27-15-9-4-3-8-14(15)17(22)20-11-12-6-5-7-13(10-12)21(24)25/h3-10,16H,2,11H2,1H3,(H,20,22). The van der Waals surface area contributed by atoms with Gasteiger partial charge in [-0.3, -0.25) is 14.9 Å². The van der Waals surface area contributed by atoms with Gasteiger partial charge in [0.1, 0.15) is 5.75 Å². The van der Waals surface area contributed by atoms with Gasteiger partial charge in [0.05, 0.1) is 17.1 Å². The number of nitrogens with zero attached hydrogens (tertiary/aromatic N) is 1. The van der Waals surface area contributed by atoms with E-state index in [0.717, 1.165) is 0 Å². The fourth-order valence-corrected chi connectivity index (χ4v) is 2.18. The van der Waals surface area contributed by atoms with Crippen molar-refractivity contribution in [3.8, 4) is 5.75 Å². The highest BCUT2D eigenvalue weighted by Gasteiger charge is 2.23. The van der Waals surface area contributed by atoms with Crippen molar-refractivity contribution in [2.75, 3.05) is 6.61 Å². The van der Waals surface area contributed by atoms with Gasteiger partial charge < -0.3 is 14.8 Å². The number of nitrogens with one attached hydrogen (secondary N) is 1. The largest absolute Gasteiger partial charge is 0.461 e. The zero-order chi connectivity index (χ0) is 19.8. The second-order valence-corrected chi connectivity index (χ2v) is 5.29. The number of esters is 1. The third-order valence-electron chi connectivity index (χ3n) is 3.41. The van der Waals surface area contributed by atoms with Crippen molar-refractivity contribution in [3.63, 3.8) is 0 Å². The number of carbonyl (C=O) groups excluding carboxylic acids is 2. The Hall–Kier alpha value is -3.49. The molecule has 27 heavy (non-hydrogen) atoms. The summed E-state index contributed by atoms with van der Waals surface area (Å²) in [5, 5.41) is 13.4. The highest BCUT2D eigenvalue weighted by molar-refractivity contribution is 5.97. The highest BCUT2D eigenvalue weighted by atomic mass is 19.1. The van der Waals surface area contributed by atoms with Crippen molar-refractivity contribution in [3.05, 3.63) is 69.8 Å². The monoisotopic (exact) mass is 376 g/mol. The van der Waals surface area contributed by atoms with Crippen LogP contribution in [0.15, 0.2) is 48.5 Å². The van der Waals surface area contributed by atoms with Crippen LogP contribution >= 0.6 is 0 Å². The average molecular weight is 376 g/mol.